The molecule has 1 aliphatic rings. The Hall–Kier alpha value is -1.61. The number of pyridine rings is 1. The molecule has 0 aliphatic carbocycles. The summed E-state index contributed by atoms with van der Waals surface area (Å²) in [7, 11) is 0. The summed E-state index contributed by atoms with van der Waals surface area (Å²) >= 11 is 0. The maximum Gasteiger partial charge on any atom is 0.132 e. The van der Waals surface area contributed by atoms with Crippen molar-refractivity contribution in [2.75, 3.05) is 18.0 Å². The largest absolute Gasteiger partial charge is 0.353 e. The molecule has 3 rings (SSSR count). The number of benzene rings is 1. The van der Waals surface area contributed by atoms with Crippen LogP contribution in [0.25, 0.3) is 10.9 Å². The number of anilines is 1. The van der Waals surface area contributed by atoms with Gasteiger partial charge in [-0.1, -0.05) is 25.1 Å². The molecule has 2 heterocycles. The lowest BCUT2D eigenvalue weighted by molar-refractivity contribution is 0.625. The van der Waals surface area contributed by atoms with Gasteiger partial charge in [0.2, 0.25) is 0 Å². The van der Waals surface area contributed by atoms with Crippen molar-refractivity contribution in [2.24, 2.45) is 11.7 Å². The molecule has 3 heteroatoms. The van der Waals surface area contributed by atoms with Crippen LogP contribution in [0.5, 0.6) is 0 Å². The van der Waals surface area contributed by atoms with Crippen LogP contribution in [0.15, 0.2) is 30.3 Å². The van der Waals surface area contributed by atoms with Gasteiger partial charge in [-0.15, -0.1) is 0 Å². The Labute approximate surface area is 120 Å². The molecule has 1 fully saturated rings. The van der Waals surface area contributed by atoms with Gasteiger partial charge in [0, 0.05) is 18.0 Å². The van der Waals surface area contributed by atoms with E-state index in [0.717, 1.165) is 30.2 Å². The highest BCUT2D eigenvalue weighted by atomic mass is 15.2. The van der Waals surface area contributed by atoms with Gasteiger partial charge in [-0.2, -0.15) is 0 Å². The molecule has 0 amide bonds. The molecule has 2 unspecified atom stereocenters. The van der Waals surface area contributed by atoms with Crippen molar-refractivity contribution in [1.82, 2.24) is 4.98 Å². The average Bonchev–Trinajstić information content (AvgIpc) is 2.77. The fraction of sp³-hybridized carbons (Fsp3) is 0.471. The predicted molar refractivity (Wildman–Crippen MR) is 85.1 cm³/mol. The number of para-hydroxylation sites is 1. The Kier molecular flexibility index (Phi) is 3.62. The number of nitrogens with two attached hydrogens (primary N) is 1. The topological polar surface area (TPSA) is 42.2 Å². The van der Waals surface area contributed by atoms with Crippen LogP contribution in [0.4, 0.5) is 5.82 Å². The third kappa shape index (κ3) is 2.38. The normalized spacial score (nSPS) is 22.6. The number of hydrogen-bond donors (Lipinski definition) is 1. The highest BCUT2D eigenvalue weighted by Crippen LogP contribution is 2.31. The Morgan fingerprint density at radius 1 is 1.30 bits per heavy atom. The lowest BCUT2D eigenvalue weighted by Gasteiger charge is -2.25. The average molecular weight is 269 g/mol. The molecular formula is C17H23N3. The summed E-state index contributed by atoms with van der Waals surface area (Å²) in [5.41, 5.74) is 8.15. The van der Waals surface area contributed by atoms with Gasteiger partial charge in [0.05, 0.1) is 5.52 Å². The van der Waals surface area contributed by atoms with Crippen LogP contribution in [0.3, 0.4) is 0 Å². The molecular weight excluding hydrogens is 246 g/mol. The molecule has 1 aliphatic heterocycles. The highest BCUT2D eigenvalue weighted by molar-refractivity contribution is 5.82. The van der Waals surface area contributed by atoms with Gasteiger partial charge in [0.15, 0.2) is 0 Å². The van der Waals surface area contributed by atoms with Gasteiger partial charge >= 0.3 is 0 Å². The third-order valence-corrected chi connectivity index (χ3v) is 4.25. The lowest BCUT2D eigenvalue weighted by Crippen LogP contribution is -2.29. The van der Waals surface area contributed by atoms with E-state index in [1.807, 2.05) is 0 Å². The third-order valence-electron chi connectivity index (χ3n) is 4.25. The minimum absolute atomic E-state index is 0.565. The first-order chi connectivity index (χ1) is 9.69. The Bertz CT molecular complexity index is 608. The second-order valence-electron chi connectivity index (χ2n) is 6.04. The van der Waals surface area contributed by atoms with Gasteiger partial charge in [0.1, 0.15) is 5.82 Å². The van der Waals surface area contributed by atoms with Crippen LogP contribution in [0.2, 0.25) is 0 Å². The second-order valence-corrected chi connectivity index (χ2v) is 6.04. The molecule has 0 saturated carbocycles. The van der Waals surface area contributed by atoms with Crippen LogP contribution in [-0.2, 0) is 6.42 Å². The summed E-state index contributed by atoms with van der Waals surface area (Å²) < 4.78 is 0. The Balaban J connectivity index is 2.09. The Morgan fingerprint density at radius 2 is 2.10 bits per heavy atom. The molecule has 1 aromatic carbocycles. The van der Waals surface area contributed by atoms with Crippen molar-refractivity contribution < 1.29 is 0 Å². The van der Waals surface area contributed by atoms with E-state index in [4.69, 9.17) is 10.7 Å². The van der Waals surface area contributed by atoms with E-state index in [0.29, 0.717) is 12.6 Å². The first kappa shape index (κ1) is 13.4. The summed E-state index contributed by atoms with van der Waals surface area (Å²) in [4.78, 5) is 7.39. The second kappa shape index (κ2) is 5.41. The number of rotatable bonds is 3. The van der Waals surface area contributed by atoms with Gasteiger partial charge in [0.25, 0.3) is 0 Å². The van der Waals surface area contributed by atoms with Crippen LogP contribution >= 0.6 is 0 Å². The number of nitrogens with zero attached hydrogens (tertiary/aromatic N) is 2. The molecule has 1 aromatic heterocycles. The molecule has 2 aromatic rings. The lowest BCUT2D eigenvalue weighted by atomic mass is 10.1. The van der Waals surface area contributed by atoms with Crippen molar-refractivity contribution in [3.8, 4) is 0 Å². The minimum Gasteiger partial charge on any atom is -0.353 e. The van der Waals surface area contributed by atoms with Crippen molar-refractivity contribution in [2.45, 2.75) is 32.7 Å². The smallest absolute Gasteiger partial charge is 0.132 e. The molecule has 2 N–H and O–H groups in total. The van der Waals surface area contributed by atoms with E-state index in [1.54, 1.807) is 0 Å². The molecule has 0 radical (unpaired) electrons. The molecule has 0 bridgehead atoms. The standard InChI is InChI=1S/C17H23N3/c1-12-9-13(2)20(11-12)17-15(7-8-18)10-14-5-3-4-6-16(14)19-17/h3-6,10,12-13H,7-9,11,18H2,1-2H3. The highest BCUT2D eigenvalue weighted by Gasteiger charge is 2.28. The molecule has 2 atom stereocenters. The summed E-state index contributed by atoms with van der Waals surface area (Å²) in [6.45, 7) is 6.39. The SMILES string of the molecule is CC1CC(C)N(c2nc3ccccc3cc2CCN)C1. The molecule has 0 spiro atoms. The van der Waals surface area contributed by atoms with Crippen LogP contribution in [0.1, 0.15) is 25.8 Å². The first-order valence-electron chi connectivity index (χ1n) is 7.54. The van der Waals surface area contributed by atoms with Gasteiger partial charge < -0.3 is 10.6 Å². The maximum absolute atomic E-state index is 5.79. The zero-order valence-corrected chi connectivity index (χ0v) is 12.3. The summed E-state index contributed by atoms with van der Waals surface area (Å²) in [5, 5.41) is 1.21. The zero-order valence-electron chi connectivity index (χ0n) is 12.3. The fourth-order valence-electron chi connectivity index (χ4n) is 3.33. The monoisotopic (exact) mass is 269 g/mol. The van der Waals surface area contributed by atoms with E-state index in [9.17, 15) is 0 Å². The Morgan fingerprint density at radius 3 is 2.80 bits per heavy atom. The minimum atomic E-state index is 0.565. The van der Waals surface area contributed by atoms with Crippen LogP contribution < -0.4 is 10.6 Å². The quantitative estimate of drug-likeness (QED) is 0.931. The van der Waals surface area contributed by atoms with Crippen molar-refractivity contribution in [3.63, 3.8) is 0 Å². The fourth-order valence-corrected chi connectivity index (χ4v) is 3.33. The van der Waals surface area contributed by atoms with Gasteiger partial charge in [-0.3, -0.25) is 0 Å². The van der Waals surface area contributed by atoms with E-state index >= 15 is 0 Å². The van der Waals surface area contributed by atoms with E-state index < -0.39 is 0 Å². The molecule has 106 valence electrons. The molecule has 3 nitrogen and oxygen atoms in total. The van der Waals surface area contributed by atoms with Crippen LogP contribution in [0, 0.1) is 5.92 Å². The van der Waals surface area contributed by atoms with Crippen molar-refractivity contribution >= 4 is 16.7 Å². The zero-order chi connectivity index (χ0) is 14.1. The van der Waals surface area contributed by atoms with Crippen LogP contribution in [-0.4, -0.2) is 24.1 Å². The van der Waals surface area contributed by atoms with Crippen molar-refractivity contribution in [1.29, 1.82) is 0 Å². The predicted octanol–water partition coefficient (Wildman–Crippen LogP) is 2.97. The summed E-state index contributed by atoms with van der Waals surface area (Å²) in [5.74, 6) is 1.88. The number of aromatic nitrogens is 1. The molecule has 20 heavy (non-hydrogen) atoms. The van der Waals surface area contributed by atoms with E-state index in [2.05, 4.69) is 49.1 Å². The summed E-state index contributed by atoms with van der Waals surface area (Å²) in [6.07, 6.45) is 2.14. The summed E-state index contributed by atoms with van der Waals surface area (Å²) in [6, 6.07) is 11.2. The molecule has 1 saturated heterocycles. The van der Waals surface area contributed by atoms with Crippen molar-refractivity contribution in [3.05, 3.63) is 35.9 Å². The van der Waals surface area contributed by atoms with Gasteiger partial charge in [-0.05, 0) is 49.9 Å². The van der Waals surface area contributed by atoms with E-state index in [-0.39, 0.29) is 0 Å². The van der Waals surface area contributed by atoms with Gasteiger partial charge in [-0.25, -0.2) is 4.98 Å². The first-order valence-corrected chi connectivity index (χ1v) is 7.54. The number of hydrogen-bond acceptors (Lipinski definition) is 3. The maximum atomic E-state index is 5.79. The number of fused-ring (bicyclic) bond motifs is 1. The van der Waals surface area contributed by atoms with E-state index in [1.165, 1.54) is 17.4 Å².